The summed E-state index contributed by atoms with van der Waals surface area (Å²) in [6.07, 6.45) is 1.15. The Morgan fingerprint density at radius 3 is 2.64 bits per heavy atom. The van der Waals surface area contributed by atoms with E-state index in [0.29, 0.717) is 17.7 Å². The van der Waals surface area contributed by atoms with Crippen molar-refractivity contribution >= 4 is 17.7 Å². The highest BCUT2D eigenvalue weighted by molar-refractivity contribution is 7.99. The van der Waals surface area contributed by atoms with Crippen molar-refractivity contribution in [2.45, 2.75) is 26.3 Å². The van der Waals surface area contributed by atoms with E-state index >= 15 is 0 Å². The largest absolute Gasteiger partial charge is 0.340 e. The number of thioether (sulfide) groups is 1. The zero-order valence-corrected chi connectivity index (χ0v) is 15.0. The molecular formula is C16H32N4OS. The Labute approximate surface area is 139 Å². The van der Waals surface area contributed by atoms with Gasteiger partial charge in [0, 0.05) is 57.6 Å². The Kier molecular flexibility index (Phi) is 8.00. The van der Waals surface area contributed by atoms with E-state index in [-0.39, 0.29) is 0 Å². The molecule has 0 aromatic carbocycles. The minimum atomic E-state index is 0.335. The Bertz CT molecular complexity index is 332. The molecule has 2 aliphatic rings. The molecule has 1 unspecified atom stereocenters. The van der Waals surface area contributed by atoms with Crippen LogP contribution in [-0.4, -0.2) is 97.1 Å². The van der Waals surface area contributed by atoms with Crippen LogP contribution in [0.1, 0.15) is 20.3 Å². The third-order valence-corrected chi connectivity index (χ3v) is 5.78. The van der Waals surface area contributed by atoms with Gasteiger partial charge in [0.2, 0.25) is 5.91 Å². The molecule has 0 aliphatic carbocycles. The third kappa shape index (κ3) is 5.41. The quantitative estimate of drug-likeness (QED) is 0.660. The molecule has 1 N–H and O–H groups in total. The second-order valence-corrected chi connectivity index (χ2v) is 7.25. The summed E-state index contributed by atoms with van der Waals surface area (Å²) in [5.74, 6) is 2.04. The predicted molar refractivity (Wildman–Crippen MR) is 94.5 cm³/mol. The molecule has 6 heteroatoms. The van der Waals surface area contributed by atoms with Gasteiger partial charge >= 0.3 is 0 Å². The average molecular weight is 329 g/mol. The van der Waals surface area contributed by atoms with Crippen molar-refractivity contribution in [3.63, 3.8) is 0 Å². The minimum absolute atomic E-state index is 0.335. The first-order valence-corrected chi connectivity index (χ1v) is 9.92. The maximum Gasteiger partial charge on any atom is 0.232 e. The van der Waals surface area contributed by atoms with Crippen LogP contribution in [0.2, 0.25) is 0 Å². The van der Waals surface area contributed by atoms with Crippen molar-refractivity contribution in [2.24, 2.45) is 0 Å². The van der Waals surface area contributed by atoms with E-state index < -0.39 is 0 Å². The van der Waals surface area contributed by atoms with Crippen LogP contribution >= 0.6 is 11.8 Å². The minimum Gasteiger partial charge on any atom is -0.340 e. The number of likely N-dealkylation sites (tertiary alicyclic amines) is 1. The first-order valence-electron chi connectivity index (χ1n) is 8.77. The molecule has 2 rings (SSSR count). The fourth-order valence-electron chi connectivity index (χ4n) is 3.30. The van der Waals surface area contributed by atoms with E-state index in [1.165, 1.54) is 0 Å². The highest BCUT2D eigenvalue weighted by Crippen LogP contribution is 2.17. The summed E-state index contributed by atoms with van der Waals surface area (Å²) >= 11 is 1.79. The van der Waals surface area contributed by atoms with Gasteiger partial charge in [0.1, 0.15) is 0 Å². The number of nitrogens with one attached hydrogen (secondary N) is 1. The molecular weight excluding hydrogens is 296 g/mol. The number of hydrogen-bond donors (Lipinski definition) is 1. The van der Waals surface area contributed by atoms with Crippen LogP contribution < -0.4 is 5.32 Å². The monoisotopic (exact) mass is 328 g/mol. The van der Waals surface area contributed by atoms with Crippen LogP contribution in [0, 0.1) is 0 Å². The van der Waals surface area contributed by atoms with Gasteiger partial charge in [0.05, 0.1) is 5.75 Å². The van der Waals surface area contributed by atoms with Crippen molar-refractivity contribution in [1.29, 1.82) is 0 Å². The van der Waals surface area contributed by atoms with Crippen LogP contribution in [0.5, 0.6) is 0 Å². The number of amides is 1. The number of rotatable bonds is 8. The summed E-state index contributed by atoms with van der Waals surface area (Å²) < 4.78 is 0. The van der Waals surface area contributed by atoms with Crippen LogP contribution in [0.4, 0.5) is 0 Å². The maximum absolute atomic E-state index is 12.3. The lowest BCUT2D eigenvalue weighted by Gasteiger charge is -2.32. The number of hydrogen-bond acceptors (Lipinski definition) is 5. The van der Waals surface area contributed by atoms with Gasteiger partial charge in [-0.05, 0) is 19.5 Å². The zero-order valence-electron chi connectivity index (χ0n) is 14.2. The van der Waals surface area contributed by atoms with E-state index in [2.05, 4.69) is 33.9 Å². The molecule has 0 spiro atoms. The van der Waals surface area contributed by atoms with Gasteiger partial charge in [-0.3, -0.25) is 9.69 Å². The number of carbonyl (C=O) groups excluding carboxylic acids is 1. The van der Waals surface area contributed by atoms with Gasteiger partial charge < -0.3 is 15.1 Å². The number of nitrogens with zero attached hydrogens (tertiary/aromatic N) is 3. The molecule has 1 atom stereocenters. The fourth-order valence-corrected chi connectivity index (χ4v) is 4.19. The molecule has 2 fully saturated rings. The van der Waals surface area contributed by atoms with E-state index in [1.54, 1.807) is 11.8 Å². The smallest absolute Gasteiger partial charge is 0.232 e. The van der Waals surface area contributed by atoms with Crippen LogP contribution in [0.25, 0.3) is 0 Å². The molecule has 0 aromatic rings. The second kappa shape index (κ2) is 9.75. The van der Waals surface area contributed by atoms with Gasteiger partial charge in [-0.1, -0.05) is 13.8 Å². The number of piperazine rings is 1. The molecule has 0 saturated carbocycles. The van der Waals surface area contributed by atoms with Crippen LogP contribution in [0.3, 0.4) is 0 Å². The summed E-state index contributed by atoms with van der Waals surface area (Å²) in [6, 6.07) is 0.590. The van der Waals surface area contributed by atoms with Crippen molar-refractivity contribution in [1.82, 2.24) is 20.0 Å². The number of carbonyl (C=O) groups is 1. The SMILES string of the molecule is CCN(CC)CCSCC(=O)N1CCC(N2CCNCC2)C1. The van der Waals surface area contributed by atoms with Gasteiger partial charge in [-0.2, -0.15) is 11.8 Å². The van der Waals surface area contributed by atoms with E-state index in [4.69, 9.17) is 0 Å². The average Bonchev–Trinajstić information content (AvgIpc) is 3.06. The molecule has 0 bridgehead atoms. The topological polar surface area (TPSA) is 38.8 Å². The Morgan fingerprint density at radius 1 is 1.23 bits per heavy atom. The predicted octanol–water partition coefficient (Wildman–Crippen LogP) is 0.568. The standard InChI is InChI=1S/C16H32N4OS/c1-3-18(4-2)11-12-22-14-16(21)20-8-5-15(13-20)19-9-6-17-7-10-19/h15,17H,3-14H2,1-2H3. The van der Waals surface area contributed by atoms with Crippen LogP contribution in [0.15, 0.2) is 0 Å². The van der Waals surface area contributed by atoms with Gasteiger partial charge in [0.15, 0.2) is 0 Å². The van der Waals surface area contributed by atoms with E-state index in [9.17, 15) is 4.79 Å². The zero-order chi connectivity index (χ0) is 15.8. The Balaban J connectivity index is 1.62. The van der Waals surface area contributed by atoms with Crippen molar-refractivity contribution in [3.05, 3.63) is 0 Å². The van der Waals surface area contributed by atoms with Crippen molar-refractivity contribution in [3.8, 4) is 0 Å². The molecule has 0 aromatic heterocycles. The molecule has 0 radical (unpaired) electrons. The summed E-state index contributed by atoms with van der Waals surface area (Å²) in [5.41, 5.74) is 0. The fraction of sp³-hybridized carbons (Fsp3) is 0.938. The summed E-state index contributed by atoms with van der Waals surface area (Å²) in [6.45, 7) is 14.0. The normalized spacial score (nSPS) is 23.4. The summed E-state index contributed by atoms with van der Waals surface area (Å²) in [7, 11) is 0. The first-order chi connectivity index (χ1) is 10.7. The molecule has 2 saturated heterocycles. The molecule has 5 nitrogen and oxygen atoms in total. The second-order valence-electron chi connectivity index (χ2n) is 6.15. The van der Waals surface area contributed by atoms with Crippen LogP contribution in [-0.2, 0) is 4.79 Å². The highest BCUT2D eigenvalue weighted by Gasteiger charge is 2.30. The van der Waals surface area contributed by atoms with Gasteiger partial charge in [-0.15, -0.1) is 0 Å². The maximum atomic E-state index is 12.3. The van der Waals surface area contributed by atoms with Crippen molar-refractivity contribution < 1.29 is 4.79 Å². The Morgan fingerprint density at radius 2 is 1.95 bits per heavy atom. The summed E-state index contributed by atoms with van der Waals surface area (Å²) in [5, 5.41) is 3.40. The first kappa shape index (κ1) is 18.0. The third-order valence-electron chi connectivity index (χ3n) is 4.86. The lowest BCUT2D eigenvalue weighted by atomic mass is 10.2. The molecule has 2 aliphatic heterocycles. The van der Waals surface area contributed by atoms with Crippen molar-refractivity contribution in [2.75, 3.05) is 70.4 Å². The van der Waals surface area contributed by atoms with Gasteiger partial charge in [-0.25, -0.2) is 0 Å². The summed E-state index contributed by atoms with van der Waals surface area (Å²) in [4.78, 5) is 19.4. The Hall–Kier alpha value is -0.300. The van der Waals surface area contributed by atoms with Gasteiger partial charge in [0.25, 0.3) is 0 Å². The lowest BCUT2D eigenvalue weighted by molar-refractivity contribution is -0.127. The molecule has 128 valence electrons. The van der Waals surface area contributed by atoms with E-state index in [0.717, 1.165) is 71.1 Å². The molecule has 22 heavy (non-hydrogen) atoms. The van der Waals surface area contributed by atoms with E-state index in [1.807, 2.05) is 0 Å². The lowest BCUT2D eigenvalue weighted by Crippen LogP contribution is -2.49. The molecule has 1 amide bonds. The molecule has 2 heterocycles. The highest BCUT2D eigenvalue weighted by atomic mass is 32.2.